The van der Waals surface area contributed by atoms with Gasteiger partial charge in [0.15, 0.2) is 5.58 Å². The van der Waals surface area contributed by atoms with E-state index in [1.165, 1.54) is 27.6 Å². The van der Waals surface area contributed by atoms with E-state index in [0.717, 1.165) is 44.4 Å². The van der Waals surface area contributed by atoms with Gasteiger partial charge in [-0.05, 0) is 70.1 Å². The second-order valence-electron chi connectivity index (χ2n) is 10.6. The molecule has 8 aromatic rings. The summed E-state index contributed by atoms with van der Waals surface area (Å²) in [5.74, 6) is 0. The molecule has 1 aromatic heterocycles. The Morgan fingerprint density at radius 2 is 0.952 bits per heavy atom. The van der Waals surface area contributed by atoms with Crippen molar-refractivity contribution in [3.63, 3.8) is 0 Å². The van der Waals surface area contributed by atoms with Crippen molar-refractivity contribution in [1.82, 2.24) is 0 Å². The number of hydrogen-bond acceptors (Lipinski definition) is 2. The Hall–Kier alpha value is -5.60. The molecular formula is C40H27NO. The van der Waals surface area contributed by atoms with E-state index in [2.05, 4.69) is 163 Å². The first-order valence-electron chi connectivity index (χ1n) is 14.3. The van der Waals surface area contributed by atoms with Crippen LogP contribution in [0.4, 0.5) is 17.1 Å². The molecule has 0 fully saturated rings. The summed E-state index contributed by atoms with van der Waals surface area (Å²) in [5.41, 5.74) is 9.78. The van der Waals surface area contributed by atoms with Crippen molar-refractivity contribution in [3.05, 3.63) is 164 Å². The fourth-order valence-corrected chi connectivity index (χ4v) is 6.02. The molecule has 0 N–H and O–H groups in total. The second kappa shape index (κ2) is 10.1. The van der Waals surface area contributed by atoms with Gasteiger partial charge in [0.2, 0.25) is 0 Å². The lowest BCUT2D eigenvalue weighted by Gasteiger charge is -2.27. The van der Waals surface area contributed by atoms with Gasteiger partial charge in [-0.2, -0.15) is 0 Å². The summed E-state index contributed by atoms with van der Waals surface area (Å²) in [6.07, 6.45) is 0. The quantitative estimate of drug-likeness (QED) is 0.217. The molecule has 0 unspecified atom stereocenters. The van der Waals surface area contributed by atoms with Crippen LogP contribution in [0.25, 0.3) is 55.0 Å². The minimum absolute atomic E-state index is 0.887. The zero-order valence-electron chi connectivity index (χ0n) is 22.9. The molecule has 0 saturated heterocycles. The minimum Gasteiger partial charge on any atom is -0.454 e. The number of nitrogens with zero attached hydrogens (tertiary/aromatic N) is 1. The van der Waals surface area contributed by atoms with Gasteiger partial charge in [-0.15, -0.1) is 0 Å². The van der Waals surface area contributed by atoms with Crippen molar-refractivity contribution in [1.29, 1.82) is 0 Å². The van der Waals surface area contributed by atoms with Crippen molar-refractivity contribution >= 4 is 49.8 Å². The van der Waals surface area contributed by atoms with Gasteiger partial charge in [0.1, 0.15) is 5.58 Å². The van der Waals surface area contributed by atoms with Crippen LogP contribution < -0.4 is 4.90 Å². The van der Waals surface area contributed by atoms with Crippen LogP contribution in [0.5, 0.6) is 0 Å². The van der Waals surface area contributed by atoms with E-state index in [0.29, 0.717) is 0 Å². The van der Waals surface area contributed by atoms with Crippen LogP contribution in [0.2, 0.25) is 0 Å². The Morgan fingerprint density at radius 3 is 1.71 bits per heavy atom. The van der Waals surface area contributed by atoms with Gasteiger partial charge in [-0.1, -0.05) is 121 Å². The minimum atomic E-state index is 0.887. The van der Waals surface area contributed by atoms with Crippen LogP contribution in [0.1, 0.15) is 0 Å². The van der Waals surface area contributed by atoms with Crippen LogP contribution in [0.3, 0.4) is 0 Å². The van der Waals surface area contributed by atoms with E-state index in [1.807, 2.05) is 6.07 Å². The van der Waals surface area contributed by atoms with Gasteiger partial charge < -0.3 is 9.32 Å². The number of para-hydroxylation sites is 2. The molecule has 42 heavy (non-hydrogen) atoms. The summed E-state index contributed by atoms with van der Waals surface area (Å²) in [6.45, 7) is 0. The molecule has 0 saturated carbocycles. The molecule has 0 aliphatic rings. The van der Waals surface area contributed by atoms with Crippen molar-refractivity contribution in [2.24, 2.45) is 0 Å². The number of fused-ring (bicyclic) bond motifs is 4. The number of furan rings is 1. The van der Waals surface area contributed by atoms with Gasteiger partial charge in [-0.3, -0.25) is 0 Å². The lowest BCUT2D eigenvalue weighted by atomic mass is 9.98. The zero-order valence-corrected chi connectivity index (χ0v) is 22.9. The highest BCUT2D eigenvalue weighted by atomic mass is 16.3. The van der Waals surface area contributed by atoms with Crippen LogP contribution >= 0.6 is 0 Å². The summed E-state index contributed by atoms with van der Waals surface area (Å²) >= 11 is 0. The normalized spacial score (nSPS) is 11.3. The average Bonchev–Trinajstić information content (AvgIpc) is 3.44. The highest BCUT2D eigenvalue weighted by molar-refractivity contribution is 6.19. The van der Waals surface area contributed by atoms with Crippen molar-refractivity contribution < 1.29 is 4.42 Å². The fourth-order valence-electron chi connectivity index (χ4n) is 6.02. The molecule has 0 amide bonds. The summed E-state index contributed by atoms with van der Waals surface area (Å²) in [5, 5.41) is 4.57. The number of anilines is 3. The highest BCUT2D eigenvalue weighted by Gasteiger charge is 2.22. The lowest BCUT2D eigenvalue weighted by Crippen LogP contribution is -2.10. The third kappa shape index (κ3) is 4.13. The Kier molecular flexibility index (Phi) is 5.82. The van der Waals surface area contributed by atoms with Gasteiger partial charge in [-0.25, -0.2) is 0 Å². The first-order valence-corrected chi connectivity index (χ1v) is 14.3. The van der Waals surface area contributed by atoms with Crippen LogP contribution in [0, 0.1) is 0 Å². The van der Waals surface area contributed by atoms with Gasteiger partial charge in [0, 0.05) is 27.5 Å². The maximum absolute atomic E-state index is 6.62. The topological polar surface area (TPSA) is 16.4 Å². The molecule has 0 aliphatic heterocycles. The Morgan fingerprint density at radius 1 is 0.381 bits per heavy atom. The third-order valence-corrected chi connectivity index (χ3v) is 8.03. The van der Waals surface area contributed by atoms with E-state index < -0.39 is 0 Å². The Balaban J connectivity index is 1.32. The average molecular weight is 538 g/mol. The van der Waals surface area contributed by atoms with E-state index in [-0.39, 0.29) is 0 Å². The molecule has 0 aliphatic carbocycles. The van der Waals surface area contributed by atoms with E-state index >= 15 is 0 Å². The maximum Gasteiger partial charge on any atom is 0.160 e. The molecule has 8 rings (SSSR count). The van der Waals surface area contributed by atoms with E-state index in [4.69, 9.17) is 4.42 Å². The highest BCUT2D eigenvalue weighted by Crippen LogP contribution is 2.46. The van der Waals surface area contributed by atoms with Crippen LogP contribution in [-0.2, 0) is 0 Å². The molecular weight excluding hydrogens is 510 g/mol. The number of rotatable bonds is 5. The van der Waals surface area contributed by atoms with Gasteiger partial charge in [0.05, 0.1) is 5.69 Å². The number of hydrogen-bond donors (Lipinski definition) is 0. The van der Waals surface area contributed by atoms with E-state index in [9.17, 15) is 0 Å². The van der Waals surface area contributed by atoms with Crippen LogP contribution in [0.15, 0.2) is 168 Å². The Bertz CT molecular complexity index is 2180. The monoisotopic (exact) mass is 537 g/mol. The molecule has 1 heterocycles. The molecule has 0 atom stereocenters. The largest absolute Gasteiger partial charge is 0.454 e. The SMILES string of the molecule is c1ccc(-c2cccc(-c3ccc(N(c4ccccc4)c4c5ccccc5cc5c4oc4ccccc45)cc3)c2)cc1. The summed E-state index contributed by atoms with van der Waals surface area (Å²) in [6, 6.07) is 57.9. The molecule has 198 valence electrons. The van der Waals surface area contributed by atoms with Gasteiger partial charge in [0.25, 0.3) is 0 Å². The van der Waals surface area contributed by atoms with Gasteiger partial charge >= 0.3 is 0 Å². The third-order valence-electron chi connectivity index (χ3n) is 8.03. The Labute approximate surface area is 244 Å². The summed E-state index contributed by atoms with van der Waals surface area (Å²) < 4.78 is 6.62. The molecule has 0 radical (unpaired) electrons. The molecule has 0 bridgehead atoms. The maximum atomic E-state index is 6.62. The predicted molar refractivity (Wildman–Crippen MR) is 177 cm³/mol. The van der Waals surface area contributed by atoms with Crippen molar-refractivity contribution in [3.8, 4) is 22.3 Å². The smallest absolute Gasteiger partial charge is 0.160 e. The fraction of sp³-hybridized carbons (Fsp3) is 0. The molecule has 7 aromatic carbocycles. The number of benzene rings is 7. The predicted octanol–water partition coefficient (Wildman–Crippen LogP) is 11.5. The molecule has 2 nitrogen and oxygen atoms in total. The first-order chi connectivity index (χ1) is 20.8. The standard InChI is InChI=1S/C40H27NO/c1-3-12-28(13-4-1)30-15-11-16-31(26-30)29-22-24-34(25-23-29)41(33-17-5-2-6-18-33)39-35-19-8-7-14-32(35)27-37-36-20-9-10-21-38(36)42-40(37)39/h1-27H. The molecule has 2 heteroatoms. The lowest BCUT2D eigenvalue weighted by molar-refractivity contribution is 0.669. The first kappa shape index (κ1) is 24.2. The van der Waals surface area contributed by atoms with Crippen LogP contribution in [-0.4, -0.2) is 0 Å². The summed E-state index contributed by atoms with van der Waals surface area (Å²) in [7, 11) is 0. The second-order valence-corrected chi connectivity index (χ2v) is 10.6. The van der Waals surface area contributed by atoms with Crippen molar-refractivity contribution in [2.45, 2.75) is 0 Å². The molecule has 0 spiro atoms. The van der Waals surface area contributed by atoms with Crippen molar-refractivity contribution in [2.75, 3.05) is 4.90 Å². The zero-order chi connectivity index (χ0) is 27.9. The van der Waals surface area contributed by atoms with E-state index in [1.54, 1.807) is 0 Å². The summed E-state index contributed by atoms with van der Waals surface area (Å²) in [4.78, 5) is 2.33.